The van der Waals surface area contributed by atoms with E-state index in [1.165, 1.54) is 11.4 Å². The smallest absolute Gasteiger partial charge is 0.246 e. The van der Waals surface area contributed by atoms with Gasteiger partial charge in [0.25, 0.3) is 0 Å². The van der Waals surface area contributed by atoms with Gasteiger partial charge in [0.2, 0.25) is 21.8 Å². The highest BCUT2D eigenvalue weighted by Crippen LogP contribution is 2.31. The number of aryl methyl sites for hydroxylation is 1. The molecule has 1 saturated heterocycles. The fraction of sp³-hybridized carbons (Fsp3) is 0.364. The lowest BCUT2D eigenvalue weighted by molar-refractivity contribution is -0.121. The molecule has 0 unspecified atom stereocenters. The summed E-state index contributed by atoms with van der Waals surface area (Å²) >= 11 is 0. The molecule has 0 bridgehead atoms. The molecule has 0 aliphatic carbocycles. The van der Waals surface area contributed by atoms with E-state index in [4.69, 9.17) is 10.5 Å². The third-order valence-corrected chi connectivity index (χ3v) is 7.18. The number of nitrogens with one attached hydrogen (secondary N) is 1. The molecule has 9 heteroatoms. The number of sulfonamides is 1. The van der Waals surface area contributed by atoms with Crippen LogP contribution in [0.3, 0.4) is 0 Å². The molecule has 8 nitrogen and oxygen atoms in total. The summed E-state index contributed by atoms with van der Waals surface area (Å²) in [6.07, 6.45) is 1.32. The van der Waals surface area contributed by atoms with Crippen LogP contribution in [0.2, 0.25) is 0 Å². The monoisotopic (exact) mass is 445 g/mol. The molecule has 2 amide bonds. The first-order chi connectivity index (χ1) is 14.7. The van der Waals surface area contributed by atoms with Crippen molar-refractivity contribution in [2.75, 3.05) is 25.5 Å². The van der Waals surface area contributed by atoms with E-state index in [1.54, 1.807) is 42.5 Å². The van der Waals surface area contributed by atoms with Gasteiger partial charge in [0, 0.05) is 18.8 Å². The number of hydrogen-bond acceptors (Lipinski definition) is 5. The molecule has 3 rings (SSSR count). The Bertz CT molecular complexity index is 1070. The molecule has 2 aromatic carbocycles. The van der Waals surface area contributed by atoms with Crippen molar-refractivity contribution in [3.8, 4) is 5.75 Å². The average Bonchev–Trinajstić information content (AvgIpc) is 2.74. The third-order valence-electron chi connectivity index (χ3n) is 5.29. The second-order valence-corrected chi connectivity index (χ2v) is 9.59. The number of nitrogens with zero attached hydrogens (tertiary/aromatic N) is 1. The highest BCUT2D eigenvalue weighted by atomic mass is 32.2. The van der Waals surface area contributed by atoms with Gasteiger partial charge in [-0.05, 0) is 55.2 Å². The van der Waals surface area contributed by atoms with Crippen molar-refractivity contribution >= 4 is 27.5 Å². The number of anilines is 1. The number of amides is 2. The first kappa shape index (κ1) is 22.8. The number of benzene rings is 2. The second kappa shape index (κ2) is 9.49. The summed E-state index contributed by atoms with van der Waals surface area (Å²) in [5.41, 5.74) is 7.34. The summed E-state index contributed by atoms with van der Waals surface area (Å²) in [6, 6.07) is 11.9. The number of carbonyl (C=O) groups is 2. The Balaban J connectivity index is 1.72. The fourth-order valence-electron chi connectivity index (χ4n) is 3.65. The van der Waals surface area contributed by atoms with Crippen LogP contribution >= 0.6 is 0 Å². The van der Waals surface area contributed by atoms with Gasteiger partial charge in [-0.2, -0.15) is 4.31 Å². The predicted octanol–water partition coefficient (Wildman–Crippen LogP) is 2.07. The van der Waals surface area contributed by atoms with Gasteiger partial charge in [-0.3, -0.25) is 9.59 Å². The SMILES string of the molecule is COc1ccc(C)cc1S(=O)(=O)N1CCC[C@@H](C(=O)Nc2ccc(CC(N)=O)cc2)C1. The minimum atomic E-state index is -3.80. The molecular formula is C22H27N3O5S. The minimum absolute atomic E-state index is 0.102. The Morgan fingerprint density at radius 2 is 1.90 bits per heavy atom. The van der Waals surface area contributed by atoms with Gasteiger partial charge in [-0.25, -0.2) is 8.42 Å². The molecule has 2 aromatic rings. The van der Waals surface area contributed by atoms with Crippen molar-refractivity contribution in [3.05, 3.63) is 53.6 Å². The highest BCUT2D eigenvalue weighted by Gasteiger charge is 2.35. The number of primary amides is 1. The summed E-state index contributed by atoms with van der Waals surface area (Å²) < 4.78 is 33.1. The van der Waals surface area contributed by atoms with Crippen LogP contribution in [0.1, 0.15) is 24.0 Å². The maximum Gasteiger partial charge on any atom is 0.246 e. The minimum Gasteiger partial charge on any atom is -0.495 e. The normalized spacial score (nSPS) is 17.2. The maximum absolute atomic E-state index is 13.2. The van der Waals surface area contributed by atoms with E-state index in [0.717, 1.165) is 11.1 Å². The molecule has 0 aromatic heterocycles. The largest absolute Gasteiger partial charge is 0.495 e. The van der Waals surface area contributed by atoms with E-state index in [9.17, 15) is 18.0 Å². The van der Waals surface area contributed by atoms with Crippen LogP contribution < -0.4 is 15.8 Å². The first-order valence-electron chi connectivity index (χ1n) is 10.0. The van der Waals surface area contributed by atoms with E-state index in [1.807, 2.05) is 6.92 Å². The Hall–Kier alpha value is -2.91. The van der Waals surface area contributed by atoms with Crippen LogP contribution in [0.25, 0.3) is 0 Å². The van der Waals surface area contributed by atoms with Crippen LogP contribution in [-0.4, -0.2) is 44.7 Å². The van der Waals surface area contributed by atoms with Crippen LogP contribution in [-0.2, 0) is 26.0 Å². The van der Waals surface area contributed by atoms with Gasteiger partial charge in [0.15, 0.2) is 0 Å². The number of carbonyl (C=O) groups excluding carboxylic acids is 2. The molecule has 0 saturated carbocycles. The number of piperidine rings is 1. The zero-order chi connectivity index (χ0) is 22.6. The number of hydrogen-bond donors (Lipinski definition) is 2. The van der Waals surface area contributed by atoms with Gasteiger partial charge in [0.05, 0.1) is 19.4 Å². The summed E-state index contributed by atoms with van der Waals surface area (Å²) in [5, 5.41) is 2.83. The van der Waals surface area contributed by atoms with Gasteiger partial charge < -0.3 is 15.8 Å². The Morgan fingerprint density at radius 1 is 1.19 bits per heavy atom. The second-order valence-electron chi connectivity index (χ2n) is 7.69. The number of nitrogens with two attached hydrogens (primary N) is 1. The van der Waals surface area contributed by atoms with E-state index in [0.29, 0.717) is 25.1 Å². The lowest BCUT2D eigenvalue weighted by Gasteiger charge is -2.31. The summed E-state index contributed by atoms with van der Waals surface area (Å²) in [4.78, 5) is 23.9. The van der Waals surface area contributed by atoms with Crippen molar-refractivity contribution in [2.45, 2.75) is 31.1 Å². The molecule has 3 N–H and O–H groups in total. The molecule has 31 heavy (non-hydrogen) atoms. The van der Waals surface area contributed by atoms with E-state index < -0.39 is 21.8 Å². The van der Waals surface area contributed by atoms with E-state index >= 15 is 0 Å². The van der Waals surface area contributed by atoms with Gasteiger partial charge >= 0.3 is 0 Å². The Kier molecular flexibility index (Phi) is 6.97. The van der Waals surface area contributed by atoms with Gasteiger partial charge in [-0.1, -0.05) is 18.2 Å². The quantitative estimate of drug-likeness (QED) is 0.676. The predicted molar refractivity (Wildman–Crippen MR) is 117 cm³/mol. The molecule has 166 valence electrons. The molecule has 1 aliphatic rings. The van der Waals surface area contributed by atoms with Crippen LogP contribution in [0.15, 0.2) is 47.4 Å². The zero-order valence-corrected chi connectivity index (χ0v) is 18.4. The van der Waals surface area contributed by atoms with E-state index in [-0.39, 0.29) is 29.5 Å². The molecule has 1 heterocycles. The summed E-state index contributed by atoms with van der Waals surface area (Å²) in [6.45, 7) is 2.27. The molecule has 1 fully saturated rings. The molecule has 1 atom stereocenters. The highest BCUT2D eigenvalue weighted by molar-refractivity contribution is 7.89. The van der Waals surface area contributed by atoms with Crippen molar-refractivity contribution < 1.29 is 22.7 Å². The topological polar surface area (TPSA) is 119 Å². The Labute approximate surface area is 182 Å². The zero-order valence-electron chi connectivity index (χ0n) is 17.6. The number of rotatable bonds is 7. The van der Waals surface area contributed by atoms with Crippen molar-refractivity contribution in [3.63, 3.8) is 0 Å². The molecule has 0 radical (unpaired) electrons. The van der Waals surface area contributed by atoms with Crippen molar-refractivity contribution in [1.29, 1.82) is 0 Å². The van der Waals surface area contributed by atoms with Gasteiger partial charge in [-0.15, -0.1) is 0 Å². The summed E-state index contributed by atoms with van der Waals surface area (Å²) in [7, 11) is -2.36. The van der Waals surface area contributed by atoms with Crippen LogP contribution in [0.4, 0.5) is 5.69 Å². The van der Waals surface area contributed by atoms with Crippen LogP contribution in [0.5, 0.6) is 5.75 Å². The molecular weight excluding hydrogens is 418 g/mol. The summed E-state index contributed by atoms with van der Waals surface area (Å²) in [5.74, 6) is -0.845. The fourth-order valence-corrected chi connectivity index (χ4v) is 5.42. The number of methoxy groups -OCH3 is 1. The average molecular weight is 446 g/mol. The number of ether oxygens (including phenoxy) is 1. The Morgan fingerprint density at radius 3 is 2.55 bits per heavy atom. The van der Waals surface area contributed by atoms with Crippen molar-refractivity contribution in [1.82, 2.24) is 4.31 Å². The lowest BCUT2D eigenvalue weighted by atomic mass is 9.98. The third kappa shape index (κ3) is 5.42. The lowest BCUT2D eigenvalue weighted by Crippen LogP contribution is -2.43. The van der Waals surface area contributed by atoms with Crippen molar-refractivity contribution in [2.24, 2.45) is 11.7 Å². The molecule has 0 spiro atoms. The first-order valence-corrected chi connectivity index (χ1v) is 11.5. The molecule has 1 aliphatic heterocycles. The van der Waals surface area contributed by atoms with Crippen LogP contribution in [0, 0.1) is 12.8 Å². The standard InChI is InChI=1S/C22H27N3O5S/c1-15-5-10-19(30-2)20(12-15)31(28,29)25-11-3-4-17(14-25)22(27)24-18-8-6-16(7-9-18)13-21(23)26/h5-10,12,17H,3-4,11,13-14H2,1-2H3,(H2,23,26)(H,24,27)/t17-/m1/s1. The van der Waals surface area contributed by atoms with E-state index in [2.05, 4.69) is 5.32 Å². The van der Waals surface area contributed by atoms with Gasteiger partial charge in [0.1, 0.15) is 10.6 Å². The maximum atomic E-state index is 13.2.